The first-order valence-corrected chi connectivity index (χ1v) is 27.4. The fourth-order valence-corrected chi connectivity index (χ4v) is 13.0. The van der Waals surface area contributed by atoms with Crippen LogP contribution in [0.4, 0.5) is 0 Å². The van der Waals surface area contributed by atoms with Crippen LogP contribution >= 0.6 is 57.5 Å². The molecule has 12 N–H and O–H groups in total. The first-order chi connectivity index (χ1) is 34.7. The molecular weight excluding hydrogens is 1040 g/mol. The van der Waals surface area contributed by atoms with Gasteiger partial charge in [0.25, 0.3) is 5.91 Å². The molecule has 2 amide bonds. The van der Waals surface area contributed by atoms with Crippen LogP contribution in [0.25, 0.3) is 6.08 Å². The topological polar surface area (TPSA) is 343 Å². The molecule has 4 aromatic heterocycles. The third-order valence-corrected chi connectivity index (χ3v) is 17.6. The fraction of sp³-hybridized carbons (Fsp3) is 0.404. The third-order valence-electron chi connectivity index (χ3n) is 12.6. The van der Waals surface area contributed by atoms with E-state index in [1.807, 2.05) is 6.08 Å². The van der Waals surface area contributed by atoms with Gasteiger partial charge in [0.1, 0.15) is 84.4 Å². The summed E-state index contributed by atoms with van der Waals surface area (Å²) in [5.41, 5.74) is 12.8. The molecule has 21 nitrogen and oxygen atoms in total. The van der Waals surface area contributed by atoms with Crippen molar-refractivity contribution in [2.45, 2.75) is 107 Å². The van der Waals surface area contributed by atoms with Gasteiger partial charge >= 0.3 is 5.97 Å². The number of aliphatic hydroxyl groups excluding tert-OH is 4. The molecule has 0 bridgehead atoms. The van der Waals surface area contributed by atoms with Crippen LogP contribution in [0.3, 0.4) is 0 Å². The maximum absolute atomic E-state index is 14.5. The Morgan fingerprint density at radius 2 is 1.79 bits per heavy atom. The number of aldehydes is 1. The molecule has 0 saturated carbocycles. The number of nitrogens with one attached hydrogen (secondary N) is 3. The molecule has 0 saturated heterocycles. The molecule has 4 aliphatic rings. The number of carbonyl (C=O) groups excluding carboxylic acids is 4. The van der Waals surface area contributed by atoms with Gasteiger partial charge in [-0.15, -0.1) is 45.8 Å². The Kier molecular flexibility index (Phi) is 16.2. The van der Waals surface area contributed by atoms with E-state index in [9.17, 15) is 44.7 Å². The summed E-state index contributed by atoms with van der Waals surface area (Å²) in [6, 6.07) is -2.79. The van der Waals surface area contributed by atoms with Crippen LogP contribution in [-0.2, 0) is 15.1 Å². The van der Waals surface area contributed by atoms with Gasteiger partial charge in [-0.3, -0.25) is 19.4 Å². The summed E-state index contributed by atoms with van der Waals surface area (Å²) < 4.78 is 6.06. The maximum Gasteiger partial charge on any atom is 0.357 e. The van der Waals surface area contributed by atoms with Crippen molar-refractivity contribution in [1.29, 1.82) is 0 Å². The zero-order valence-electron chi connectivity index (χ0n) is 39.9. The van der Waals surface area contributed by atoms with Crippen LogP contribution in [0.2, 0.25) is 0 Å². The van der Waals surface area contributed by atoms with Crippen LogP contribution in [0.15, 0.2) is 73.8 Å². The lowest BCUT2D eigenvalue weighted by atomic mass is 9.83. The average Bonchev–Trinajstić information content (AvgIpc) is 4.25. The predicted octanol–water partition coefficient (Wildman–Crippen LogP) is 4.47. The summed E-state index contributed by atoms with van der Waals surface area (Å²) in [4.78, 5) is 81.5. The highest BCUT2D eigenvalue weighted by Crippen LogP contribution is 2.44. The first-order valence-electron chi connectivity index (χ1n) is 22.8. The number of amides is 2. The van der Waals surface area contributed by atoms with Crippen molar-refractivity contribution in [3.8, 4) is 0 Å². The lowest BCUT2D eigenvalue weighted by Crippen LogP contribution is -2.52. The second-order valence-electron chi connectivity index (χ2n) is 17.8. The summed E-state index contributed by atoms with van der Waals surface area (Å²) in [6.45, 7) is 7.50. The number of nitrogens with zero attached hydrogens (tertiary/aromatic N) is 6. The number of thiazole rings is 3. The molecule has 0 unspecified atom stereocenters. The first kappa shape index (κ1) is 53.6. The van der Waals surface area contributed by atoms with E-state index in [0.29, 0.717) is 61.0 Å². The summed E-state index contributed by atoms with van der Waals surface area (Å²) >= 11 is 5.99. The van der Waals surface area contributed by atoms with E-state index in [4.69, 9.17) is 21.2 Å². The average molecular weight is 1090 g/mol. The molecule has 3 aliphatic heterocycles. The Morgan fingerprint density at radius 3 is 2.48 bits per heavy atom. The van der Waals surface area contributed by atoms with Crippen molar-refractivity contribution >= 4 is 97.8 Å². The minimum absolute atomic E-state index is 0.0854. The number of aliphatic imine (C=N–C) groups is 2. The number of aliphatic hydroxyl groups is 5. The van der Waals surface area contributed by atoms with Crippen molar-refractivity contribution in [3.63, 3.8) is 0 Å². The van der Waals surface area contributed by atoms with E-state index < -0.39 is 77.5 Å². The molecule has 73 heavy (non-hydrogen) atoms. The van der Waals surface area contributed by atoms with Gasteiger partial charge in [-0.25, -0.2) is 29.7 Å². The highest BCUT2D eigenvalue weighted by molar-refractivity contribution is 8.15. The van der Waals surface area contributed by atoms with Crippen molar-refractivity contribution in [3.05, 3.63) is 118 Å². The summed E-state index contributed by atoms with van der Waals surface area (Å²) in [7, 11) is 0. The van der Waals surface area contributed by atoms with E-state index in [1.165, 1.54) is 74.0 Å². The number of allylic oxidation sites excluding steroid dienone is 1. The quantitative estimate of drug-likeness (QED) is 0.0396. The number of nitrogens with two attached hydrogens (primary N) is 2. The second-order valence-corrected chi connectivity index (χ2v) is 22.4. The Bertz CT molecular complexity index is 3000. The molecule has 26 heteroatoms. The molecule has 0 aromatic carbocycles. The van der Waals surface area contributed by atoms with Gasteiger partial charge in [0, 0.05) is 33.2 Å². The van der Waals surface area contributed by atoms with Gasteiger partial charge in [0.05, 0.1) is 52.3 Å². The molecule has 0 spiro atoms. The molecule has 0 radical (unpaired) electrons. The molecular formula is C47H53N11O10S5. The minimum Gasteiger partial charge on any atom is -0.514 e. The highest BCUT2D eigenvalue weighted by atomic mass is 32.2. The van der Waals surface area contributed by atoms with Crippen LogP contribution in [0, 0.1) is 0 Å². The number of fused-ring (bicyclic) bond motifs is 1. The molecule has 1 aliphatic carbocycles. The summed E-state index contributed by atoms with van der Waals surface area (Å²) in [5.74, 6) is -1.54. The zero-order valence-corrected chi connectivity index (χ0v) is 44.0. The molecule has 10 atom stereocenters. The number of hydrogen-bond donors (Lipinski definition) is 10. The Labute approximate surface area is 439 Å². The van der Waals surface area contributed by atoms with Crippen LogP contribution in [0.1, 0.15) is 147 Å². The minimum atomic E-state index is -1.98. The SMILES string of the molecule is C/C=C(\N)C1=N[C@@H](C(=O)N[C@H](c2nc(C(=O)N[C@H](c3nc([C@H]4NC(C5=N/C(=C/O)CS5)=CC[C@]4(N)c4nc(C=O)cs4)cs3)[C@@H](C)OC(=O)c3cc([C@H](C)O)c4c(n3)[C@@H](O)CC=C4)cs2)[C@](C)(O)[C@@H](C)O)CS1. The number of thioether (sulfide) groups is 2. The van der Waals surface area contributed by atoms with Crippen molar-refractivity contribution in [2.75, 3.05) is 11.5 Å². The largest absolute Gasteiger partial charge is 0.514 e. The number of hydrogen-bond acceptors (Lipinski definition) is 24. The van der Waals surface area contributed by atoms with Crippen molar-refractivity contribution < 1.29 is 49.4 Å². The van der Waals surface area contributed by atoms with Crippen molar-refractivity contribution in [2.24, 2.45) is 21.5 Å². The lowest BCUT2D eigenvalue weighted by Gasteiger charge is -2.39. The van der Waals surface area contributed by atoms with Gasteiger partial charge in [-0.05, 0) is 59.1 Å². The van der Waals surface area contributed by atoms with Gasteiger partial charge in [0.15, 0.2) is 6.29 Å². The Morgan fingerprint density at radius 1 is 1.03 bits per heavy atom. The molecule has 7 heterocycles. The monoisotopic (exact) mass is 1090 g/mol. The normalized spacial score (nSPS) is 24.2. The van der Waals surface area contributed by atoms with Gasteiger partial charge < -0.3 is 57.7 Å². The van der Waals surface area contributed by atoms with Crippen molar-refractivity contribution in [1.82, 2.24) is 35.9 Å². The highest BCUT2D eigenvalue weighted by Gasteiger charge is 2.46. The van der Waals surface area contributed by atoms with E-state index in [0.717, 1.165) is 28.9 Å². The molecule has 4 aromatic rings. The number of carbonyl (C=O) groups is 4. The number of rotatable bonds is 17. The van der Waals surface area contributed by atoms with Crippen LogP contribution in [0.5, 0.6) is 0 Å². The number of aromatic nitrogens is 4. The smallest absolute Gasteiger partial charge is 0.357 e. The van der Waals surface area contributed by atoms with E-state index in [2.05, 4.69) is 40.9 Å². The summed E-state index contributed by atoms with van der Waals surface area (Å²) in [5, 5.41) is 69.4. The molecule has 0 fully saturated rings. The maximum atomic E-state index is 14.5. The third kappa shape index (κ3) is 11.1. The lowest BCUT2D eigenvalue weighted by molar-refractivity contribution is -0.128. The number of ether oxygens (including phenoxy) is 1. The number of pyridine rings is 1. The fourth-order valence-electron chi connectivity index (χ4n) is 8.15. The van der Waals surface area contributed by atoms with Gasteiger partial charge in [-0.2, -0.15) is 0 Å². The Hall–Kier alpha value is -5.68. The molecule has 8 rings (SSSR count). The molecule has 386 valence electrons. The van der Waals surface area contributed by atoms with Gasteiger partial charge in [-0.1, -0.05) is 36.1 Å². The second kappa shape index (κ2) is 22.0. The summed E-state index contributed by atoms with van der Waals surface area (Å²) in [6.07, 6.45) is 4.39. The van der Waals surface area contributed by atoms with Gasteiger partial charge in [0.2, 0.25) is 5.91 Å². The van der Waals surface area contributed by atoms with E-state index in [1.54, 1.807) is 35.9 Å². The van der Waals surface area contributed by atoms with E-state index >= 15 is 0 Å². The van der Waals surface area contributed by atoms with Crippen LogP contribution < -0.4 is 27.4 Å². The Balaban J connectivity index is 1.13. The van der Waals surface area contributed by atoms with Crippen LogP contribution in [-0.4, -0.2) is 115 Å². The van der Waals surface area contributed by atoms with E-state index in [-0.39, 0.29) is 51.4 Å². The zero-order chi connectivity index (χ0) is 52.5. The predicted molar refractivity (Wildman–Crippen MR) is 280 cm³/mol. The standard InChI is InChI=1S/C47H53N11O10S5/c1-6-27(48)40-55-32(18-70-40)39(65)58-37(46(5,67)22(4)62)43-56-31(19-72-43)38(64)57-34(21(3)68-44(66)29-12-26(20(2)61)25-8-7-9-33(63)35(25)52-29)42-54-30(17-71-42)36-47(49,45-51-24(14-60)16-73-45)11-10-28(53-36)41-50-23(13-59)15-69-41/h6-8,10,12-14,16-17,19-22,32-34,36-37,53,59,61-63,67H,9,11,15,18,48-49H2,1-5H3,(H,57,64)(H,58,65)/b23-13+,27-6-/t20-,21+,22+,32+,33-,34-,36+,37+,46+,47+/m0/s1. The number of esters is 1.